The predicted octanol–water partition coefficient (Wildman–Crippen LogP) is 1.99. The van der Waals surface area contributed by atoms with Gasteiger partial charge >= 0.3 is 0 Å². The molecule has 1 unspecified atom stereocenters. The van der Waals surface area contributed by atoms with Crippen LogP contribution in [0.3, 0.4) is 0 Å². The lowest BCUT2D eigenvalue weighted by atomic mass is 10.1. The van der Waals surface area contributed by atoms with Crippen molar-refractivity contribution in [3.05, 3.63) is 28.8 Å². The van der Waals surface area contributed by atoms with E-state index in [9.17, 15) is 5.11 Å². The Morgan fingerprint density at radius 1 is 1.12 bits per heavy atom. The molecule has 4 heteroatoms. The average Bonchev–Trinajstić information content (AvgIpc) is 2.57. The summed E-state index contributed by atoms with van der Waals surface area (Å²) in [4.78, 5) is 4.69. The fourth-order valence-electron chi connectivity index (χ4n) is 3.10. The third-order valence-electron chi connectivity index (χ3n) is 4.80. The SMILES string of the molecule is C#CCCN1CCN(CC(O)COc2c(C)ccc(C)c2C)CC1. The second-order valence-electron chi connectivity index (χ2n) is 6.71. The van der Waals surface area contributed by atoms with Crippen LogP contribution in [0.4, 0.5) is 0 Å². The molecule has 1 N–H and O–H groups in total. The highest BCUT2D eigenvalue weighted by Gasteiger charge is 2.19. The molecule has 1 aromatic carbocycles. The van der Waals surface area contributed by atoms with Gasteiger partial charge in [0.1, 0.15) is 18.5 Å². The number of benzene rings is 1. The van der Waals surface area contributed by atoms with Crippen LogP contribution in [0, 0.1) is 33.1 Å². The lowest BCUT2D eigenvalue weighted by Gasteiger charge is -2.35. The van der Waals surface area contributed by atoms with E-state index in [-0.39, 0.29) is 0 Å². The van der Waals surface area contributed by atoms with Gasteiger partial charge in [-0.3, -0.25) is 9.80 Å². The zero-order chi connectivity index (χ0) is 17.5. The number of hydrogen-bond acceptors (Lipinski definition) is 4. The van der Waals surface area contributed by atoms with Crippen molar-refractivity contribution in [1.82, 2.24) is 9.80 Å². The van der Waals surface area contributed by atoms with Crippen molar-refractivity contribution in [3.8, 4) is 18.1 Å². The average molecular weight is 330 g/mol. The van der Waals surface area contributed by atoms with Gasteiger partial charge in [-0.15, -0.1) is 12.3 Å². The summed E-state index contributed by atoms with van der Waals surface area (Å²) in [5.74, 6) is 3.60. The molecule has 1 aromatic rings. The summed E-state index contributed by atoms with van der Waals surface area (Å²) in [6.07, 6.45) is 5.66. The van der Waals surface area contributed by atoms with Gasteiger partial charge in [-0.2, -0.15) is 0 Å². The van der Waals surface area contributed by atoms with E-state index in [0.717, 1.165) is 56.0 Å². The third kappa shape index (κ3) is 5.24. The second kappa shape index (κ2) is 9.08. The first-order valence-corrected chi connectivity index (χ1v) is 8.77. The maximum absolute atomic E-state index is 10.3. The maximum Gasteiger partial charge on any atom is 0.125 e. The van der Waals surface area contributed by atoms with Crippen molar-refractivity contribution in [3.63, 3.8) is 0 Å². The minimum atomic E-state index is -0.471. The van der Waals surface area contributed by atoms with Gasteiger partial charge in [0.15, 0.2) is 0 Å². The molecule has 24 heavy (non-hydrogen) atoms. The number of piperazine rings is 1. The lowest BCUT2D eigenvalue weighted by Crippen LogP contribution is -2.49. The van der Waals surface area contributed by atoms with E-state index in [1.165, 1.54) is 5.56 Å². The van der Waals surface area contributed by atoms with Crippen LogP contribution in [0.2, 0.25) is 0 Å². The number of aryl methyl sites for hydroxylation is 2. The molecule has 1 heterocycles. The monoisotopic (exact) mass is 330 g/mol. The van der Waals surface area contributed by atoms with Crippen LogP contribution in [-0.2, 0) is 0 Å². The first kappa shape index (κ1) is 18.8. The first-order chi connectivity index (χ1) is 11.5. The fraction of sp³-hybridized carbons (Fsp3) is 0.600. The molecule has 0 aromatic heterocycles. The van der Waals surface area contributed by atoms with Crippen LogP contribution in [0.5, 0.6) is 5.75 Å². The quantitative estimate of drug-likeness (QED) is 0.776. The van der Waals surface area contributed by atoms with E-state index in [1.54, 1.807) is 0 Å². The van der Waals surface area contributed by atoms with Crippen molar-refractivity contribution in [2.45, 2.75) is 33.3 Å². The molecule has 132 valence electrons. The Bertz CT molecular complexity index is 572. The van der Waals surface area contributed by atoms with Crippen LogP contribution < -0.4 is 4.74 Å². The minimum Gasteiger partial charge on any atom is -0.490 e. The summed E-state index contributed by atoms with van der Waals surface area (Å²) in [5.41, 5.74) is 3.49. The summed E-state index contributed by atoms with van der Waals surface area (Å²) in [6.45, 7) is 12.2. The number of aliphatic hydroxyl groups is 1. The summed E-state index contributed by atoms with van der Waals surface area (Å²) in [7, 11) is 0. The number of ether oxygens (including phenoxy) is 1. The standard InChI is InChI=1S/C20H30N2O2/c1-5-6-9-21-10-12-22(13-11-21)14-19(23)15-24-20-17(3)8-7-16(2)18(20)4/h1,7-8,19,23H,6,9-15H2,2-4H3. The molecular formula is C20H30N2O2. The van der Waals surface area contributed by atoms with Gasteiger partial charge in [-0.05, 0) is 37.5 Å². The summed E-state index contributed by atoms with van der Waals surface area (Å²) < 4.78 is 5.92. The van der Waals surface area contributed by atoms with E-state index in [4.69, 9.17) is 11.2 Å². The normalized spacial score (nSPS) is 17.5. The first-order valence-electron chi connectivity index (χ1n) is 8.77. The van der Waals surface area contributed by atoms with Gasteiger partial charge in [0.25, 0.3) is 0 Å². The fourth-order valence-corrected chi connectivity index (χ4v) is 3.10. The molecule has 1 aliphatic heterocycles. The summed E-state index contributed by atoms with van der Waals surface area (Å²) in [5, 5.41) is 10.3. The Morgan fingerprint density at radius 2 is 1.75 bits per heavy atom. The van der Waals surface area contributed by atoms with E-state index >= 15 is 0 Å². The minimum absolute atomic E-state index is 0.336. The molecule has 1 aliphatic rings. The molecule has 0 amide bonds. The molecule has 1 atom stereocenters. The van der Waals surface area contributed by atoms with Gasteiger partial charge in [0, 0.05) is 45.7 Å². The molecule has 0 bridgehead atoms. The Hall–Kier alpha value is -1.54. The zero-order valence-electron chi connectivity index (χ0n) is 15.2. The molecule has 0 spiro atoms. The summed E-state index contributed by atoms with van der Waals surface area (Å²) >= 11 is 0. The van der Waals surface area contributed by atoms with Gasteiger partial charge in [-0.1, -0.05) is 12.1 Å². The van der Waals surface area contributed by atoms with Crippen molar-refractivity contribution >= 4 is 0 Å². The highest BCUT2D eigenvalue weighted by atomic mass is 16.5. The van der Waals surface area contributed by atoms with Crippen molar-refractivity contribution in [2.75, 3.05) is 45.9 Å². The van der Waals surface area contributed by atoms with Gasteiger partial charge in [0.2, 0.25) is 0 Å². The van der Waals surface area contributed by atoms with Gasteiger partial charge in [0.05, 0.1) is 0 Å². The molecule has 1 fully saturated rings. The molecule has 0 saturated carbocycles. The lowest BCUT2D eigenvalue weighted by molar-refractivity contribution is 0.0462. The Balaban J connectivity index is 1.76. The van der Waals surface area contributed by atoms with E-state index in [1.807, 2.05) is 6.92 Å². The van der Waals surface area contributed by atoms with Crippen LogP contribution in [-0.4, -0.2) is 66.9 Å². The molecular weight excluding hydrogens is 300 g/mol. The zero-order valence-corrected chi connectivity index (χ0v) is 15.2. The number of β-amino-alcohol motifs (C(OH)–C–C–N with tert-alkyl or cyclic N) is 1. The van der Waals surface area contributed by atoms with E-state index in [2.05, 4.69) is 41.7 Å². The number of hydrogen-bond donors (Lipinski definition) is 1. The Labute approximate surface area is 146 Å². The van der Waals surface area contributed by atoms with Crippen molar-refractivity contribution in [1.29, 1.82) is 0 Å². The molecule has 4 nitrogen and oxygen atoms in total. The largest absolute Gasteiger partial charge is 0.490 e. The smallest absolute Gasteiger partial charge is 0.125 e. The second-order valence-corrected chi connectivity index (χ2v) is 6.71. The molecule has 2 rings (SSSR count). The Kier molecular flexibility index (Phi) is 7.11. The van der Waals surface area contributed by atoms with Gasteiger partial charge in [-0.25, -0.2) is 0 Å². The highest BCUT2D eigenvalue weighted by molar-refractivity contribution is 5.44. The third-order valence-corrected chi connectivity index (χ3v) is 4.80. The van der Waals surface area contributed by atoms with Crippen LogP contribution in [0.1, 0.15) is 23.1 Å². The van der Waals surface area contributed by atoms with Gasteiger partial charge < -0.3 is 9.84 Å². The van der Waals surface area contributed by atoms with E-state index in [0.29, 0.717) is 13.2 Å². The van der Waals surface area contributed by atoms with Crippen molar-refractivity contribution in [2.24, 2.45) is 0 Å². The number of rotatable bonds is 7. The van der Waals surface area contributed by atoms with Crippen molar-refractivity contribution < 1.29 is 9.84 Å². The maximum atomic E-state index is 10.3. The predicted molar refractivity (Wildman–Crippen MR) is 98.5 cm³/mol. The Morgan fingerprint density at radius 3 is 2.42 bits per heavy atom. The number of aliphatic hydroxyl groups excluding tert-OH is 1. The molecule has 0 aliphatic carbocycles. The van der Waals surface area contributed by atoms with Crippen LogP contribution in [0.15, 0.2) is 12.1 Å². The van der Waals surface area contributed by atoms with Crippen LogP contribution >= 0.6 is 0 Å². The topological polar surface area (TPSA) is 35.9 Å². The molecule has 0 radical (unpaired) electrons. The molecule has 1 saturated heterocycles. The number of nitrogens with zero attached hydrogens (tertiary/aromatic N) is 2. The van der Waals surface area contributed by atoms with Crippen LogP contribution in [0.25, 0.3) is 0 Å². The highest BCUT2D eigenvalue weighted by Crippen LogP contribution is 2.25. The summed E-state index contributed by atoms with van der Waals surface area (Å²) in [6, 6.07) is 4.17. The van der Waals surface area contributed by atoms with E-state index < -0.39 is 6.10 Å². The number of terminal acetylenes is 1.